The van der Waals surface area contributed by atoms with Gasteiger partial charge in [-0.15, -0.1) is 11.3 Å². The van der Waals surface area contributed by atoms with Gasteiger partial charge in [-0.05, 0) is 12.3 Å². The summed E-state index contributed by atoms with van der Waals surface area (Å²) in [6.07, 6.45) is 3.23. The Hall–Kier alpha value is -0.830. The molecule has 0 saturated carbocycles. The van der Waals surface area contributed by atoms with Gasteiger partial charge in [-0.1, -0.05) is 20.3 Å². The van der Waals surface area contributed by atoms with E-state index in [0.29, 0.717) is 5.92 Å². The van der Waals surface area contributed by atoms with E-state index in [9.17, 15) is 4.79 Å². The third kappa shape index (κ3) is 3.50. The molecule has 1 rings (SSSR count). The number of rotatable bonds is 6. The first-order valence-electron chi connectivity index (χ1n) is 4.92. The van der Waals surface area contributed by atoms with Crippen LogP contribution in [0, 0.1) is 5.92 Å². The van der Waals surface area contributed by atoms with Gasteiger partial charge in [0.25, 0.3) is 0 Å². The van der Waals surface area contributed by atoms with Crippen LogP contribution >= 0.6 is 11.3 Å². The highest BCUT2D eigenvalue weighted by molar-refractivity contribution is 7.11. The number of carbonyl (C=O) groups excluding carboxylic acids is 1. The molecule has 0 spiro atoms. The van der Waals surface area contributed by atoms with Gasteiger partial charge in [0, 0.05) is 11.4 Å². The first kappa shape index (κ1) is 11.2. The first-order chi connectivity index (χ1) is 6.76. The molecule has 0 aliphatic heterocycles. The maximum absolute atomic E-state index is 10.4. The van der Waals surface area contributed by atoms with Crippen LogP contribution < -0.4 is 4.74 Å². The van der Waals surface area contributed by atoms with Gasteiger partial charge in [0.15, 0.2) is 6.29 Å². The number of ether oxygens (including phenoxy) is 1. The summed E-state index contributed by atoms with van der Waals surface area (Å²) >= 11 is 1.42. The smallest absolute Gasteiger partial charge is 0.160 e. The lowest BCUT2D eigenvalue weighted by Crippen LogP contribution is -2.07. The van der Waals surface area contributed by atoms with Gasteiger partial charge in [0.05, 0.1) is 11.5 Å². The van der Waals surface area contributed by atoms with Gasteiger partial charge in [0.1, 0.15) is 5.75 Å². The average Bonchev–Trinajstić information content (AvgIpc) is 2.63. The minimum atomic E-state index is 0.583. The summed E-state index contributed by atoms with van der Waals surface area (Å²) in [5.41, 5.74) is 0. The molecule has 1 atom stereocenters. The van der Waals surface area contributed by atoms with Crippen molar-refractivity contribution in [1.29, 1.82) is 0 Å². The topological polar surface area (TPSA) is 26.3 Å². The molecule has 0 saturated heterocycles. The molecule has 0 aromatic carbocycles. The summed E-state index contributed by atoms with van der Waals surface area (Å²) < 4.78 is 5.55. The van der Waals surface area contributed by atoms with Crippen molar-refractivity contribution in [1.82, 2.24) is 0 Å². The molecule has 0 radical (unpaired) electrons. The predicted molar refractivity (Wildman–Crippen MR) is 59.3 cm³/mol. The Morgan fingerprint density at radius 1 is 1.64 bits per heavy atom. The van der Waals surface area contributed by atoms with Crippen molar-refractivity contribution in [2.45, 2.75) is 26.7 Å². The van der Waals surface area contributed by atoms with E-state index in [-0.39, 0.29) is 0 Å². The van der Waals surface area contributed by atoms with Gasteiger partial charge < -0.3 is 4.74 Å². The molecular weight excluding hydrogens is 196 g/mol. The Balaban J connectivity index is 2.33. The van der Waals surface area contributed by atoms with E-state index in [4.69, 9.17) is 4.74 Å². The van der Waals surface area contributed by atoms with Crippen LogP contribution in [0.1, 0.15) is 36.4 Å². The molecule has 0 N–H and O–H groups in total. The highest BCUT2D eigenvalue weighted by Gasteiger charge is 2.03. The van der Waals surface area contributed by atoms with Gasteiger partial charge in [-0.3, -0.25) is 4.79 Å². The zero-order chi connectivity index (χ0) is 10.4. The predicted octanol–water partition coefficient (Wildman–Crippen LogP) is 3.38. The normalized spacial score (nSPS) is 12.4. The maximum atomic E-state index is 10.4. The molecule has 78 valence electrons. The summed E-state index contributed by atoms with van der Waals surface area (Å²) in [5.74, 6) is 1.40. The van der Waals surface area contributed by atoms with Crippen molar-refractivity contribution in [3.05, 3.63) is 16.3 Å². The summed E-state index contributed by atoms with van der Waals surface area (Å²) in [4.78, 5) is 11.1. The third-order valence-corrected chi connectivity index (χ3v) is 2.86. The molecule has 0 aliphatic carbocycles. The fourth-order valence-corrected chi connectivity index (χ4v) is 1.91. The van der Waals surface area contributed by atoms with E-state index in [1.54, 1.807) is 6.07 Å². The Labute approximate surface area is 88.9 Å². The van der Waals surface area contributed by atoms with Crippen molar-refractivity contribution >= 4 is 17.6 Å². The number of hydrogen-bond acceptors (Lipinski definition) is 3. The molecule has 1 aromatic rings. The summed E-state index contributed by atoms with van der Waals surface area (Å²) in [6, 6.07) is 1.79. The van der Waals surface area contributed by atoms with Crippen LogP contribution in [0.2, 0.25) is 0 Å². The van der Waals surface area contributed by atoms with Crippen LogP contribution in [0.3, 0.4) is 0 Å². The number of aldehydes is 1. The zero-order valence-corrected chi connectivity index (χ0v) is 9.47. The maximum Gasteiger partial charge on any atom is 0.160 e. The van der Waals surface area contributed by atoms with Gasteiger partial charge >= 0.3 is 0 Å². The van der Waals surface area contributed by atoms with E-state index in [2.05, 4.69) is 13.8 Å². The minimum Gasteiger partial charge on any atom is -0.492 e. The van der Waals surface area contributed by atoms with Crippen molar-refractivity contribution in [2.24, 2.45) is 5.92 Å². The molecule has 1 unspecified atom stereocenters. The van der Waals surface area contributed by atoms with E-state index < -0.39 is 0 Å². The van der Waals surface area contributed by atoms with E-state index in [1.165, 1.54) is 24.2 Å². The first-order valence-corrected chi connectivity index (χ1v) is 5.80. The van der Waals surface area contributed by atoms with Gasteiger partial charge in [-0.2, -0.15) is 0 Å². The quantitative estimate of drug-likeness (QED) is 0.676. The standard InChI is InChI=1S/C11H16O2S/c1-3-4-9(2)7-13-10-5-11(6-12)14-8-10/h5-6,8-9H,3-4,7H2,1-2H3. The Bertz CT molecular complexity index is 281. The highest BCUT2D eigenvalue weighted by atomic mass is 32.1. The minimum absolute atomic E-state index is 0.583. The Kier molecular flexibility index (Phi) is 4.66. The monoisotopic (exact) mass is 212 g/mol. The van der Waals surface area contributed by atoms with Crippen LogP contribution in [0.15, 0.2) is 11.4 Å². The van der Waals surface area contributed by atoms with E-state index in [1.807, 2.05) is 5.38 Å². The van der Waals surface area contributed by atoms with Crippen LogP contribution in [0.25, 0.3) is 0 Å². The van der Waals surface area contributed by atoms with Crippen LogP contribution in [-0.2, 0) is 0 Å². The summed E-state index contributed by atoms with van der Waals surface area (Å²) in [5, 5.41) is 1.88. The fourth-order valence-electron chi connectivity index (χ4n) is 1.29. The molecule has 0 bridgehead atoms. The van der Waals surface area contributed by atoms with Crippen molar-refractivity contribution < 1.29 is 9.53 Å². The van der Waals surface area contributed by atoms with Gasteiger partial charge in [0.2, 0.25) is 0 Å². The molecule has 1 aromatic heterocycles. The second-order valence-corrected chi connectivity index (χ2v) is 4.45. The number of hydrogen-bond donors (Lipinski definition) is 0. The average molecular weight is 212 g/mol. The molecule has 2 nitrogen and oxygen atoms in total. The highest BCUT2D eigenvalue weighted by Crippen LogP contribution is 2.20. The Morgan fingerprint density at radius 3 is 3.00 bits per heavy atom. The van der Waals surface area contributed by atoms with E-state index >= 15 is 0 Å². The number of carbonyl (C=O) groups is 1. The zero-order valence-electron chi connectivity index (χ0n) is 8.66. The second kappa shape index (κ2) is 5.81. The lowest BCUT2D eigenvalue weighted by molar-refractivity contribution is 0.112. The number of thiophene rings is 1. The lowest BCUT2D eigenvalue weighted by atomic mass is 10.1. The molecule has 0 amide bonds. The SMILES string of the molecule is CCCC(C)COc1csc(C=O)c1. The van der Waals surface area contributed by atoms with E-state index in [0.717, 1.165) is 23.5 Å². The third-order valence-electron chi connectivity index (χ3n) is 2.03. The second-order valence-electron chi connectivity index (χ2n) is 3.51. The van der Waals surface area contributed by atoms with Crippen LogP contribution in [0.4, 0.5) is 0 Å². The molecule has 0 fully saturated rings. The van der Waals surface area contributed by atoms with Crippen molar-refractivity contribution in [3.63, 3.8) is 0 Å². The van der Waals surface area contributed by atoms with Crippen molar-refractivity contribution in [2.75, 3.05) is 6.61 Å². The van der Waals surface area contributed by atoms with Gasteiger partial charge in [-0.25, -0.2) is 0 Å². The lowest BCUT2D eigenvalue weighted by Gasteiger charge is -2.10. The molecular formula is C11H16O2S. The van der Waals surface area contributed by atoms with Crippen LogP contribution in [0.5, 0.6) is 5.75 Å². The molecule has 0 aliphatic rings. The molecule has 3 heteroatoms. The summed E-state index contributed by atoms with van der Waals surface area (Å²) in [6.45, 7) is 5.09. The summed E-state index contributed by atoms with van der Waals surface area (Å²) in [7, 11) is 0. The Morgan fingerprint density at radius 2 is 2.43 bits per heavy atom. The van der Waals surface area contributed by atoms with Crippen molar-refractivity contribution in [3.8, 4) is 5.75 Å². The molecule has 1 heterocycles. The molecule has 14 heavy (non-hydrogen) atoms. The fraction of sp³-hybridized carbons (Fsp3) is 0.545. The van der Waals surface area contributed by atoms with Crippen LogP contribution in [-0.4, -0.2) is 12.9 Å². The largest absolute Gasteiger partial charge is 0.492 e.